The second-order valence-corrected chi connectivity index (χ2v) is 8.05. The van der Waals surface area contributed by atoms with Gasteiger partial charge in [0, 0.05) is 18.2 Å². The van der Waals surface area contributed by atoms with Crippen molar-refractivity contribution in [3.05, 3.63) is 55.3 Å². The van der Waals surface area contributed by atoms with Crippen LogP contribution in [0.3, 0.4) is 0 Å². The molecule has 8 heteroatoms. The topological polar surface area (TPSA) is 77.6 Å². The van der Waals surface area contributed by atoms with Gasteiger partial charge >= 0.3 is 0 Å². The Balaban J connectivity index is 1.76. The molecule has 1 aromatic carbocycles. The molecule has 2 heterocycles. The van der Waals surface area contributed by atoms with Crippen molar-refractivity contribution in [3.63, 3.8) is 0 Å². The number of nitrogens with one attached hydrogen (secondary N) is 1. The molecule has 3 rings (SSSR count). The van der Waals surface area contributed by atoms with Gasteiger partial charge in [0.15, 0.2) is 11.0 Å². The predicted octanol–water partition coefficient (Wildman–Crippen LogP) is 4.42. The average Bonchev–Trinajstić information content (AvgIpc) is 3.35. The van der Waals surface area contributed by atoms with Crippen LogP contribution < -0.4 is 5.32 Å². The molecule has 0 unspecified atom stereocenters. The van der Waals surface area contributed by atoms with Crippen molar-refractivity contribution in [2.75, 3.05) is 5.32 Å². The maximum atomic E-state index is 12.8. The Bertz CT molecular complexity index is 965. The first-order chi connectivity index (χ1) is 14.0. The van der Waals surface area contributed by atoms with Gasteiger partial charge in [-0.05, 0) is 20.3 Å². The maximum absolute atomic E-state index is 12.8. The van der Waals surface area contributed by atoms with Crippen molar-refractivity contribution in [2.24, 2.45) is 0 Å². The number of carbonyl (C=O) groups excluding carboxylic acids is 1. The normalized spacial score (nSPS) is 13.1. The summed E-state index contributed by atoms with van der Waals surface area (Å²) in [6.07, 6.45) is 4.43. The fraction of sp³-hybridized carbons (Fsp3) is 0.333. The zero-order valence-electron chi connectivity index (χ0n) is 16.9. The number of nitrogens with zero attached hydrogens (tertiary/aromatic N) is 5. The molecule has 0 fully saturated rings. The first kappa shape index (κ1) is 20.9. The average molecular weight is 411 g/mol. The van der Waals surface area contributed by atoms with Gasteiger partial charge in [0.2, 0.25) is 5.91 Å². The van der Waals surface area contributed by atoms with Crippen LogP contribution in [0.5, 0.6) is 0 Å². The number of anilines is 1. The molecule has 0 aliphatic carbocycles. The van der Waals surface area contributed by atoms with Crippen LogP contribution in [-0.4, -0.2) is 35.7 Å². The van der Waals surface area contributed by atoms with Gasteiger partial charge in [-0.3, -0.25) is 9.36 Å². The second kappa shape index (κ2) is 9.56. The van der Waals surface area contributed by atoms with E-state index in [1.165, 1.54) is 11.8 Å². The van der Waals surface area contributed by atoms with E-state index >= 15 is 0 Å². The van der Waals surface area contributed by atoms with Crippen LogP contribution in [0.2, 0.25) is 0 Å². The first-order valence-corrected chi connectivity index (χ1v) is 10.5. The number of benzene rings is 1. The van der Waals surface area contributed by atoms with E-state index in [9.17, 15) is 4.79 Å². The standard InChI is InChI=1S/C21H26N6OS/c1-5-14-26-19(17-10-8-7-9-11-17)24-25-21(26)29-16(4)20(28)23-18-12-13-22-27(18)15(3)6-2/h5,7-13,15-16H,1,6,14H2,2-4H3,(H,23,28)/t15-,16+/m0/s1. The van der Waals surface area contributed by atoms with Crippen LogP contribution in [0, 0.1) is 0 Å². The molecule has 0 radical (unpaired) electrons. The lowest BCUT2D eigenvalue weighted by atomic mass is 10.2. The Morgan fingerprint density at radius 1 is 1.24 bits per heavy atom. The van der Waals surface area contributed by atoms with Gasteiger partial charge in [-0.1, -0.05) is 55.1 Å². The summed E-state index contributed by atoms with van der Waals surface area (Å²) in [7, 11) is 0. The molecule has 3 aromatic rings. The minimum Gasteiger partial charge on any atom is -0.310 e. The summed E-state index contributed by atoms with van der Waals surface area (Å²) >= 11 is 1.38. The molecular formula is C21H26N6OS. The van der Waals surface area contributed by atoms with Gasteiger partial charge in [0.05, 0.1) is 17.5 Å². The highest BCUT2D eigenvalue weighted by Crippen LogP contribution is 2.27. The minimum atomic E-state index is -0.355. The number of thioether (sulfide) groups is 1. The molecule has 2 aromatic heterocycles. The van der Waals surface area contributed by atoms with E-state index in [0.717, 1.165) is 17.8 Å². The lowest BCUT2D eigenvalue weighted by molar-refractivity contribution is -0.115. The number of allylic oxidation sites excluding steroid dienone is 1. The Kier molecular flexibility index (Phi) is 6.87. The molecule has 0 aliphatic heterocycles. The largest absolute Gasteiger partial charge is 0.310 e. The monoisotopic (exact) mass is 410 g/mol. The summed E-state index contributed by atoms with van der Waals surface area (Å²) in [6.45, 7) is 10.4. The third kappa shape index (κ3) is 4.76. The van der Waals surface area contributed by atoms with Crippen molar-refractivity contribution in [2.45, 2.75) is 50.2 Å². The molecule has 7 nitrogen and oxygen atoms in total. The minimum absolute atomic E-state index is 0.102. The molecule has 29 heavy (non-hydrogen) atoms. The molecule has 1 amide bonds. The zero-order valence-corrected chi connectivity index (χ0v) is 17.8. The number of rotatable bonds is 9. The second-order valence-electron chi connectivity index (χ2n) is 6.74. The Labute approximate surface area is 175 Å². The van der Waals surface area contributed by atoms with E-state index in [1.54, 1.807) is 12.3 Å². The quantitative estimate of drug-likeness (QED) is 0.417. The molecule has 0 saturated heterocycles. The van der Waals surface area contributed by atoms with Crippen LogP contribution in [0.15, 0.2) is 60.4 Å². The van der Waals surface area contributed by atoms with E-state index < -0.39 is 0 Å². The lowest BCUT2D eigenvalue weighted by Crippen LogP contribution is -2.25. The van der Waals surface area contributed by atoms with E-state index in [0.29, 0.717) is 17.5 Å². The van der Waals surface area contributed by atoms with E-state index in [2.05, 4.69) is 41.0 Å². The zero-order chi connectivity index (χ0) is 20.8. The fourth-order valence-corrected chi connectivity index (χ4v) is 3.71. The molecular weight excluding hydrogens is 384 g/mol. The predicted molar refractivity (Wildman–Crippen MR) is 117 cm³/mol. The number of aromatic nitrogens is 5. The smallest absolute Gasteiger partial charge is 0.238 e. The van der Waals surface area contributed by atoms with Gasteiger partial charge in [-0.25, -0.2) is 4.68 Å². The summed E-state index contributed by atoms with van der Waals surface area (Å²) in [5, 5.41) is 16.3. The lowest BCUT2D eigenvalue weighted by Gasteiger charge is -2.16. The van der Waals surface area contributed by atoms with Crippen molar-refractivity contribution < 1.29 is 4.79 Å². The van der Waals surface area contributed by atoms with Crippen molar-refractivity contribution in [3.8, 4) is 11.4 Å². The highest BCUT2D eigenvalue weighted by atomic mass is 32.2. The van der Waals surface area contributed by atoms with Gasteiger partial charge < -0.3 is 5.32 Å². The number of hydrogen-bond acceptors (Lipinski definition) is 5. The summed E-state index contributed by atoms with van der Waals surface area (Å²) in [6, 6.07) is 11.9. The molecule has 152 valence electrons. The highest BCUT2D eigenvalue weighted by Gasteiger charge is 2.22. The van der Waals surface area contributed by atoms with Crippen molar-refractivity contribution >= 4 is 23.5 Å². The summed E-state index contributed by atoms with van der Waals surface area (Å²) in [4.78, 5) is 12.8. The molecule has 0 aliphatic rings. The highest BCUT2D eigenvalue weighted by molar-refractivity contribution is 8.00. The van der Waals surface area contributed by atoms with Gasteiger partial charge in [0.25, 0.3) is 0 Å². The van der Waals surface area contributed by atoms with E-state index in [1.807, 2.05) is 52.6 Å². The van der Waals surface area contributed by atoms with Crippen LogP contribution in [0.25, 0.3) is 11.4 Å². The summed E-state index contributed by atoms with van der Waals surface area (Å²) in [5.74, 6) is 1.36. The Hall–Kier alpha value is -2.87. The van der Waals surface area contributed by atoms with Crippen LogP contribution in [-0.2, 0) is 11.3 Å². The van der Waals surface area contributed by atoms with Gasteiger partial charge in [-0.2, -0.15) is 5.10 Å². The van der Waals surface area contributed by atoms with E-state index in [-0.39, 0.29) is 17.2 Å². The molecule has 0 spiro atoms. The summed E-state index contributed by atoms with van der Waals surface area (Å²) < 4.78 is 3.81. The fourth-order valence-electron chi connectivity index (χ4n) is 2.85. The van der Waals surface area contributed by atoms with Crippen LogP contribution in [0.1, 0.15) is 33.2 Å². The molecule has 0 saturated carbocycles. The van der Waals surface area contributed by atoms with Gasteiger partial charge in [0.1, 0.15) is 5.82 Å². The number of hydrogen-bond donors (Lipinski definition) is 1. The molecule has 1 N–H and O–H groups in total. The maximum Gasteiger partial charge on any atom is 0.238 e. The van der Waals surface area contributed by atoms with Crippen LogP contribution in [0.4, 0.5) is 5.82 Å². The SMILES string of the molecule is C=CCn1c(S[C@H](C)C(=O)Nc2ccnn2[C@@H](C)CC)nnc1-c1ccccc1. The van der Waals surface area contributed by atoms with Gasteiger partial charge in [-0.15, -0.1) is 16.8 Å². The third-order valence-electron chi connectivity index (χ3n) is 4.64. The van der Waals surface area contributed by atoms with Crippen molar-refractivity contribution in [1.82, 2.24) is 24.5 Å². The number of amides is 1. The third-order valence-corrected chi connectivity index (χ3v) is 5.72. The number of carbonyl (C=O) groups is 1. The Morgan fingerprint density at radius 3 is 2.69 bits per heavy atom. The Morgan fingerprint density at radius 2 is 2.00 bits per heavy atom. The first-order valence-electron chi connectivity index (χ1n) is 9.65. The summed E-state index contributed by atoms with van der Waals surface area (Å²) in [5.41, 5.74) is 0.975. The molecule has 0 bridgehead atoms. The van der Waals surface area contributed by atoms with E-state index in [4.69, 9.17) is 0 Å². The van der Waals surface area contributed by atoms with Crippen molar-refractivity contribution in [1.29, 1.82) is 0 Å². The van der Waals surface area contributed by atoms with Crippen LogP contribution >= 0.6 is 11.8 Å². The molecule has 2 atom stereocenters.